The molecule has 1 aromatic carbocycles. The summed E-state index contributed by atoms with van der Waals surface area (Å²) >= 11 is 0. The second-order valence-corrected chi connectivity index (χ2v) is 11.5. The first kappa shape index (κ1) is 24.5. The summed E-state index contributed by atoms with van der Waals surface area (Å²) in [5.74, 6) is 0.0656. The van der Waals surface area contributed by atoms with Crippen LogP contribution in [0.5, 0.6) is 6.01 Å². The number of piperazine rings is 1. The molecule has 9 nitrogen and oxygen atoms in total. The summed E-state index contributed by atoms with van der Waals surface area (Å²) in [5.41, 5.74) is 2.09. The molecule has 0 saturated carbocycles. The van der Waals surface area contributed by atoms with Crippen LogP contribution in [0.1, 0.15) is 44.1 Å². The number of benzene rings is 1. The second-order valence-electron chi connectivity index (χ2n) is 11.5. The minimum absolute atomic E-state index is 0.00774. The maximum absolute atomic E-state index is 16.2. The number of hydrogen-bond acceptors (Lipinski definition) is 7. The number of ether oxygens (including phenoxy) is 1. The van der Waals surface area contributed by atoms with Gasteiger partial charge in [0.25, 0.3) is 0 Å². The van der Waals surface area contributed by atoms with Gasteiger partial charge in [0.15, 0.2) is 5.82 Å². The third-order valence-corrected chi connectivity index (χ3v) is 9.33. The second kappa shape index (κ2) is 9.29. The molecule has 1 amide bonds. The molecule has 204 valence electrons. The van der Waals surface area contributed by atoms with Crippen LogP contribution >= 0.6 is 0 Å². The van der Waals surface area contributed by atoms with Gasteiger partial charge >= 0.3 is 12.1 Å². The number of amides is 1. The molecule has 4 aliphatic rings. The normalized spacial score (nSPS) is 23.9. The van der Waals surface area contributed by atoms with Crippen molar-refractivity contribution in [2.24, 2.45) is 0 Å². The highest BCUT2D eigenvalue weighted by atomic mass is 19.1. The van der Waals surface area contributed by atoms with Crippen molar-refractivity contribution in [3.05, 3.63) is 41.8 Å². The van der Waals surface area contributed by atoms with Gasteiger partial charge in [0.05, 0.1) is 23.0 Å². The zero-order valence-electron chi connectivity index (χ0n) is 22.1. The average Bonchev–Trinajstić information content (AvgIpc) is 3.59. The van der Waals surface area contributed by atoms with Crippen LogP contribution in [-0.2, 0) is 0 Å². The fourth-order valence-electron chi connectivity index (χ4n) is 7.40. The van der Waals surface area contributed by atoms with E-state index in [0.29, 0.717) is 30.9 Å². The molecule has 1 N–H and O–H groups in total. The zero-order chi connectivity index (χ0) is 26.7. The molecule has 2 aromatic heterocycles. The number of nitrogens with zero attached hydrogens (tertiary/aromatic N) is 6. The predicted octanol–water partition coefficient (Wildman–Crippen LogP) is 4.48. The van der Waals surface area contributed by atoms with Crippen LogP contribution in [0.4, 0.5) is 15.0 Å². The Bertz CT molecular complexity index is 1430. The molecule has 7 rings (SSSR count). The predicted molar refractivity (Wildman–Crippen MR) is 145 cm³/mol. The van der Waals surface area contributed by atoms with E-state index >= 15 is 4.39 Å². The fourth-order valence-corrected chi connectivity index (χ4v) is 7.40. The molecule has 4 fully saturated rings. The topological polar surface area (TPSA) is 94.9 Å². The van der Waals surface area contributed by atoms with E-state index in [1.54, 1.807) is 11.1 Å². The van der Waals surface area contributed by atoms with E-state index in [2.05, 4.69) is 19.8 Å². The van der Waals surface area contributed by atoms with Crippen LogP contribution < -0.4 is 9.64 Å². The van der Waals surface area contributed by atoms with E-state index in [1.807, 2.05) is 31.2 Å². The lowest BCUT2D eigenvalue weighted by atomic mass is 9.95. The molecule has 0 radical (unpaired) electrons. The molecule has 3 aromatic rings. The number of halogens is 1. The largest absolute Gasteiger partial charge is 0.465 e. The quantitative estimate of drug-likeness (QED) is 0.514. The van der Waals surface area contributed by atoms with Crippen LogP contribution in [0.25, 0.3) is 22.2 Å². The van der Waals surface area contributed by atoms with Crippen LogP contribution in [-0.4, -0.2) is 86.4 Å². The van der Waals surface area contributed by atoms with Crippen molar-refractivity contribution in [2.75, 3.05) is 37.7 Å². The third kappa shape index (κ3) is 3.99. The Morgan fingerprint density at radius 1 is 1.13 bits per heavy atom. The van der Waals surface area contributed by atoms with E-state index in [-0.39, 0.29) is 34.8 Å². The van der Waals surface area contributed by atoms with Crippen molar-refractivity contribution in [1.29, 1.82) is 0 Å². The molecular weight excluding hydrogens is 499 g/mol. The highest BCUT2D eigenvalue weighted by Crippen LogP contribution is 2.40. The van der Waals surface area contributed by atoms with E-state index in [9.17, 15) is 9.90 Å². The number of pyridine rings is 1. The van der Waals surface area contributed by atoms with Gasteiger partial charge in [0.2, 0.25) is 0 Å². The van der Waals surface area contributed by atoms with Gasteiger partial charge in [-0.2, -0.15) is 9.97 Å². The Morgan fingerprint density at radius 3 is 2.54 bits per heavy atom. The molecule has 39 heavy (non-hydrogen) atoms. The molecule has 0 spiro atoms. The van der Waals surface area contributed by atoms with Crippen LogP contribution in [0, 0.1) is 12.7 Å². The van der Waals surface area contributed by atoms with Crippen molar-refractivity contribution in [1.82, 2.24) is 24.8 Å². The summed E-state index contributed by atoms with van der Waals surface area (Å²) in [5, 5.41) is 10.3. The number of fused-ring (bicyclic) bond motifs is 4. The maximum Gasteiger partial charge on any atom is 0.407 e. The molecule has 2 atom stereocenters. The Morgan fingerprint density at radius 2 is 1.85 bits per heavy atom. The number of aromatic nitrogens is 3. The van der Waals surface area contributed by atoms with Crippen LogP contribution in [0.2, 0.25) is 0 Å². The van der Waals surface area contributed by atoms with Crippen molar-refractivity contribution in [3.63, 3.8) is 0 Å². The molecule has 4 aliphatic heterocycles. The standard InChI is InChI=1S/C29H33FN6O3/c1-18-6-2-3-7-21(18)24-23(30)25-22(14-31-24)26(34-15-19-8-9-20(16-34)36(19)28(37)38)33-27(32-25)39-17-29-10-4-12-35(29)13-5-11-29/h2-3,6-7,14,19-20H,4-5,8-13,15-17H2,1H3,(H,37,38). The van der Waals surface area contributed by atoms with Gasteiger partial charge in [0, 0.05) is 24.8 Å². The van der Waals surface area contributed by atoms with Gasteiger partial charge in [-0.1, -0.05) is 24.3 Å². The Balaban J connectivity index is 1.30. The number of carbonyl (C=O) groups is 1. The number of rotatable bonds is 5. The molecule has 0 aliphatic carbocycles. The number of carboxylic acid groups (broad SMARTS) is 1. The molecule has 4 saturated heterocycles. The first-order valence-corrected chi connectivity index (χ1v) is 14.0. The SMILES string of the molecule is Cc1ccccc1-c1ncc2c(N3CC4CCC(C3)N4C(=O)O)nc(OCC34CCCN3CCC4)nc2c1F. The highest BCUT2D eigenvalue weighted by molar-refractivity contribution is 5.92. The van der Waals surface area contributed by atoms with E-state index in [4.69, 9.17) is 9.72 Å². The summed E-state index contributed by atoms with van der Waals surface area (Å²) < 4.78 is 22.5. The number of hydrogen-bond donors (Lipinski definition) is 1. The fraction of sp³-hybridized carbons (Fsp3) is 0.517. The summed E-state index contributed by atoms with van der Waals surface area (Å²) in [6, 6.07) is 7.52. The Hall–Kier alpha value is -3.53. The molecular formula is C29H33FN6O3. The van der Waals surface area contributed by atoms with Crippen LogP contribution in [0.15, 0.2) is 30.5 Å². The minimum Gasteiger partial charge on any atom is -0.465 e. The highest BCUT2D eigenvalue weighted by Gasteiger charge is 2.46. The zero-order valence-corrected chi connectivity index (χ0v) is 22.1. The minimum atomic E-state index is -0.883. The van der Waals surface area contributed by atoms with E-state index in [0.717, 1.165) is 62.7 Å². The third-order valence-electron chi connectivity index (χ3n) is 9.33. The van der Waals surface area contributed by atoms with Crippen molar-refractivity contribution in [2.45, 2.75) is 63.1 Å². The van der Waals surface area contributed by atoms with Gasteiger partial charge in [-0.25, -0.2) is 9.18 Å². The van der Waals surface area contributed by atoms with Crippen LogP contribution in [0.3, 0.4) is 0 Å². The summed E-state index contributed by atoms with van der Waals surface area (Å²) in [4.78, 5) is 32.0. The van der Waals surface area contributed by atoms with Gasteiger partial charge in [0.1, 0.15) is 23.6 Å². The number of aryl methyl sites for hydroxylation is 1. The maximum atomic E-state index is 16.2. The van der Waals surface area contributed by atoms with Crippen molar-refractivity contribution >= 4 is 22.8 Å². The molecule has 6 heterocycles. The smallest absolute Gasteiger partial charge is 0.407 e. The van der Waals surface area contributed by atoms with E-state index < -0.39 is 11.9 Å². The van der Waals surface area contributed by atoms with Gasteiger partial charge in [-0.15, -0.1) is 0 Å². The van der Waals surface area contributed by atoms with Gasteiger partial charge in [-0.05, 0) is 64.1 Å². The summed E-state index contributed by atoms with van der Waals surface area (Å²) in [7, 11) is 0. The lowest BCUT2D eigenvalue weighted by Crippen LogP contribution is -2.55. The van der Waals surface area contributed by atoms with Gasteiger partial charge in [-0.3, -0.25) is 14.8 Å². The Labute approximate surface area is 226 Å². The summed E-state index contributed by atoms with van der Waals surface area (Å²) in [6.07, 6.45) is 6.87. The lowest BCUT2D eigenvalue weighted by molar-refractivity contribution is 0.107. The number of anilines is 1. The van der Waals surface area contributed by atoms with Crippen molar-refractivity contribution in [3.8, 4) is 17.3 Å². The average molecular weight is 533 g/mol. The van der Waals surface area contributed by atoms with Gasteiger partial charge < -0.3 is 14.7 Å². The first-order valence-electron chi connectivity index (χ1n) is 14.0. The molecule has 2 unspecified atom stereocenters. The van der Waals surface area contributed by atoms with Crippen molar-refractivity contribution < 1.29 is 19.0 Å². The first-order chi connectivity index (χ1) is 18.9. The molecule has 2 bridgehead atoms. The summed E-state index contributed by atoms with van der Waals surface area (Å²) in [6.45, 7) is 5.58. The monoisotopic (exact) mass is 532 g/mol. The Kier molecular flexibility index (Phi) is 5.84. The lowest BCUT2D eigenvalue weighted by Gasteiger charge is -2.40. The van der Waals surface area contributed by atoms with E-state index in [1.165, 1.54) is 0 Å². The molecule has 10 heteroatoms.